The van der Waals surface area contributed by atoms with Crippen LogP contribution in [0.3, 0.4) is 0 Å². The van der Waals surface area contributed by atoms with Gasteiger partial charge >= 0.3 is 0 Å². The Morgan fingerprint density at radius 1 is 1.04 bits per heavy atom. The highest BCUT2D eigenvalue weighted by Gasteiger charge is 2.11. The molecule has 26 heavy (non-hydrogen) atoms. The first-order chi connectivity index (χ1) is 12.7. The van der Waals surface area contributed by atoms with Gasteiger partial charge in [-0.3, -0.25) is 4.79 Å². The molecule has 1 amide bonds. The highest BCUT2D eigenvalue weighted by molar-refractivity contribution is 6.05. The van der Waals surface area contributed by atoms with E-state index < -0.39 is 0 Å². The van der Waals surface area contributed by atoms with E-state index in [0.717, 1.165) is 34.6 Å². The third kappa shape index (κ3) is 3.09. The summed E-state index contributed by atoms with van der Waals surface area (Å²) in [5.74, 6) is -0.127. The van der Waals surface area contributed by atoms with Crippen LogP contribution < -0.4 is 5.32 Å². The number of fused-ring (bicyclic) bond motifs is 1. The van der Waals surface area contributed by atoms with Gasteiger partial charge in [0.25, 0.3) is 5.91 Å². The summed E-state index contributed by atoms with van der Waals surface area (Å²) in [5, 5.41) is 3.00. The molecule has 0 bridgehead atoms. The number of amides is 1. The number of carbonyl (C=O) groups is 1. The van der Waals surface area contributed by atoms with Gasteiger partial charge in [-0.15, -0.1) is 0 Å². The second kappa shape index (κ2) is 6.84. The molecule has 128 valence electrons. The third-order valence-electron chi connectivity index (χ3n) is 4.44. The summed E-state index contributed by atoms with van der Waals surface area (Å²) >= 11 is 0. The SMILES string of the molecule is CCc1ccccc1NC(=O)c1ccn2cc(-c3ccccc3)nc2c1. The molecule has 2 aromatic heterocycles. The number of hydrogen-bond acceptors (Lipinski definition) is 2. The first kappa shape index (κ1) is 16.1. The second-order valence-corrected chi connectivity index (χ2v) is 6.14. The van der Waals surface area contributed by atoms with Crippen LogP contribution >= 0.6 is 0 Å². The molecule has 0 saturated heterocycles. The van der Waals surface area contributed by atoms with Crippen LogP contribution in [0.2, 0.25) is 0 Å². The Labute approximate surface area is 152 Å². The fourth-order valence-electron chi connectivity index (χ4n) is 3.02. The number of pyridine rings is 1. The van der Waals surface area contributed by atoms with Crippen LogP contribution in [0.15, 0.2) is 79.1 Å². The van der Waals surface area contributed by atoms with E-state index in [0.29, 0.717) is 5.56 Å². The molecule has 0 unspecified atom stereocenters. The van der Waals surface area contributed by atoms with Gasteiger partial charge in [-0.05, 0) is 30.2 Å². The number of anilines is 1. The van der Waals surface area contributed by atoms with Crippen LogP contribution in [0.5, 0.6) is 0 Å². The molecule has 1 N–H and O–H groups in total. The summed E-state index contributed by atoms with van der Waals surface area (Å²) in [4.78, 5) is 17.3. The lowest BCUT2D eigenvalue weighted by atomic mass is 10.1. The molecule has 4 nitrogen and oxygen atoms in total. The molecule has 4 aromatic rings. The molecule has 4 rings (SSSR count). The van der Waals surface area contributed by atoms with Crippen molar-refractivity contribution < 1.29 is 4.79 Å². The van der Waals surface area contributed by atoms with E-state index >= 15 is 0 Å². The molecule has 0 saturated carbocycles. The van der Waals surface area contributed by atoms with Crippen molar-refractivity contribution in [3.63, 3.8) is 0 Å². The first-order valence-corrected chi connectivity index (χ1v) is 8.68. The topological polar surface area (TPSA) is 46.4 Å². The zero-order valence-corrected chi connectivity index (χ0v) is 14.5. The van der Waals surface area contributed by atoms with Gasteiger partial charge in [-0.2, -0.15) is 0 Å². The maximum Gasteiger partial charge on any atom is 0.255 e. The highest BCUT2D eigenvalue weighted by Crippen LogP contribution is 2.20. The minimum absolute atomic E-state index is 0.127. The smallest absolute Gasteiger partial charge is 0.255 e. The van der Waals surface area contributed by atoms with E-state index in [1.807, 2.05) is 83.5 Å². The fraction of sp³-hybridized carbons (Fsp3) is 0.0909. The Morgan fingerprint density at radius 2 is 1.81 bits per heavy atom. The van der Waals surface area contributed by atoms with E-state index in [1.54, 1.807) is 0 Å². The number of para-hydroxylation sites is 1. The average Bonchev–Trinajstić information content (AvgIpc) is 3.12. The zero-order valence-electron chi connectivity index (χ0n) is 14.5. The number of aryl methyl sites for hydroxylation is 1. The van der Waals surface area contributed by atoms with Gasteiger partial charge in [0.2, 0.25) is 0 Å². The largest absolute Gasteiger partial charge is 0.322 e. The Hall–Kier alpha value is -3.40. The summed E-state index contributed by atoms with van der Waals surface area (Å²) in [5.41, 5.74) is 5.26. The summed E-state index contributed by atoms with van der Waals surface area (Å²) in [7, 11) is 0. The minimum atomic E-state index is -0.127. The van der Waals surface area contributed by atoms with E-state index in [1.165, 1.54) is 0 Å². The number of rotatable bonds is 4. The maximum absolute atomic E-state index is 12.7. The van der Waals surface area contributed by atoms with Gasteiger partial charge in [-0.1, -0.05) is 55.5 Å². The number of aromatic nitrogens is 2. The van der Waals surface area contributed by atoms with Crippen molar-refractivity contribution in [1.82, 2.24) is 9.38 Å². The molecule has 2 heterocycles. The summed E-state index contributed by atoms with van der Waals surface area (Å²) < 4.78 is 1.93. The van der Waals surface area contributed by atoms with E-state index in [9.17, 15) is 4.79 Å². The second-order valence-electron chi connectivity index (χ2n) is 6.14. The summed E-state index contributed by atoms with van der Waals surface area (Å²) in [6.07, 6.45) is 4.71. The summed E-state index contributed by atoms with van der Waals surface area (Å²) in [6, 6.07) is 21.5. The summed E-state index contributed by atoms with van der Waals surface area (Å²) in [6.45, 7) is 2.08. The van der Waals surface area contributed by atoms with Gasteiger partial charge in [0.15, 0.2) is 0 Å². The van der Waals surface area contributed by atoms with Crippen LogP contribution in [0.25, 0.3) is 16.9 Å². The number of nitrogens with one attached hydrogen (secondary N) is 1. The molecule has 0 spiro atoms. The first-order valence-electron chi connectivity index (χ1n) is 8.68. The fourth-order valence-corrected chi connectivity index (χ4v) is 3.02. The molecule has 0 atom stereocenters. The molecule has 0 radical (unpaired) electrons. The van der Waals surface area contributed by atoms with Crippen LogP contribution in [0.4, 0.5) is 5.69 Å². The molecule has 4 heteroatoms. The van der Waals surface area contributed by atoms with Crippen molar-refractivity contribution in [3.05, 3.63) is 90.3 Å². The van der Waals surface area contributed by atoms with Gasteiger partial charge in [0.05, 0.1) is 5.69 Å². The van der Waals surface area contributed by atoms with Crippen LogP contribution in [-0.2, 0) is 6.42 Å². The Balaban J connectivity index is 1.64. The van der Waals surface area contributed by atoms with Crippen molar-refractivity contribution in [2.75, 3.05) is 5.32 Å². The molecule has 0 aliphatic rings. The lowest BCUT2D eigenvalue weighted by molar-refractivity contribution is 0.102. The standard InChI is InChI=1S/C22H19N3O/c1-2-16-8-6-7-11-19(16)24-22(26)18-12-13-25-15-20(23-21(25)14-18)17-9-4-3-5-10-17/h3-15H,2H2,1H3,(H,24,26). The number of hydrogen-bond donors (Lipinski definition) is 1. The Morgan fingerprint density at radius 3 is 2.62 bits per heavy atom. The number of benzene rings is 2. The van der Waals surface area contributed by atoms with Crippen molar-refractivity contribution >= 4 is 17.2 Å². The van der Waals surface area contributed by atoms with E-state index in [4.69, 9.17) is 0 Å². The average molecular weight is 341 g/mol. The van der Waals surface area contributed by atoms with E-state index in [-0.39, 0.29) is 5.91 Å². The molecule has 2 aromatic carbocycles. The number of imidazole rings is 1. The van der Waals surface area contributed by atoms with Crippen LogP contribution in [0, 0.1) is 0 Å². The monoisotopic (exact) mass is 341 g/mol. The van der Waals surface area contributed by atoms with Crippen LogP contribution in [0.1, 0.15) is 22.8 Å². The van der Waals surface area contributed by atoms with Crippen molar-refractivity contribution in [3.8, 4) is 11.3 Å². The number of carbonyl (C=O) groups excluding carboxylic acids is 1. The Kier molecular flexibility index (Phi) is 4.23. The molecule has 0 aliphatic heterocycles. The van der Waals surface area contributed by atoms with Gasteiger partial charge in [0, 0.05) is 29.2 Å². The van der Waals surface area contributed by atoms with E-state index in [2.05, 4.69) is 17.2 Å². The maximum atomic E-state index is 12.7. The highest BCUT2D eigenvalue weighted by atomic mass is 16.1. The minimum Gasteiger partial charge on any atom is -0.322 e. The lowest BCUT2D eigenvalue weighted by Gasteiger charge is -2.09. The van der Waals surface area contributed by atoms with Gasteiger partial charge < -0.3 is 9.72 Å². The predicted molar refractivity (Wildman–Crippen MR) is 104 cm³/mol. The predicted octanol–water partition coefficient (Wildman–Crippen LogP) is 4.82. The quantitative estimate of drug-likeness (QED) is 0.579. The third-order valence-corrected chi connectivity index (χ3v) is 4.44. The molecular formula is C22H19N3O. The van der Waals surface area contributed by atoms with Crippen molar-refractivity contribution in [1.29, 1.82) is 0 Å². The van der Waals surface area contributed by atoms with Crippen LogP contribution in [-0.4, -0.2) is 15.3 Å². The number of nitrogens with zero attached hydrogens (tertiary/aromatic N) is 2. The zero-order chi connectivity index (χ0) is 17.9. The normalized spacial score (nSPS) is 10.8. The molecular weight excluding hydrogens is 322 g/mol. The molecule has 0 fully saturated rings. The lowest BCUT2D eigenvalue weighted by Crippen LogP contribution is -2.13. The van der Waals surface area contributed by atoms with Gasteiger partial charge in [0.1, 0.15) is 5.65 Å². The Bertz CT molecular complexity index is 1070. The molecule has 0 aliphatic carbocycles. The van der Waals surface area contributed by atoms with Crippen molar-refractivity contribution in [2.45, 2.75) is 13.3 Å². The van der Waals surface area contributed by atoms with Crippen molar-refractivity contribution in [2.24, 2.45) is 0 Å². The van der Waals surface area contributed by atoms with Gasteiger partial charge in [-0.25, -0.2) is 4.98 Å².